The second-order valence-corrected chi connectivity index (χ2v) is 8.53. The summed E-state index contributed by atoms with van der Waals surface area (Å²) >= 11 is 3.21. The van der Waals surface area contributed by atoms with Gasteiger partial charge in [-0.1, -0.05) is 31.5 Å². The lowest BCUT2D eigenvalue weighted by Crippen LogP contribution is -2.41. The molecule has 2 heterocycles. The van der Waals surface area contributed by atoms with Gasteiger partial charge in [0.25, 0.3) is 0 Å². The van der Waals surface area contributed by atoms with Crippen LogP contribution in [0.15, 0.2) is 11.4 Å². The maximum Gasteiger partial charge on any atom is 0.230 e. The van der Waals surface area contributed by atoms with Crippen molar-refractivity contribution in [3.63, 3.8) is 0 Å². The molecular weight excluding hydrogens is 326 g/mol. The van der Waals surface area contributed by atoms with Gasteiger partial charge in [-0.15, -0.1) is 11.3 Å². The summed E-state index contributed by atoms with van der Waals surface area (Å²) < 4.78 is 0. The first-order valence-electron chi connectivity index (χ1n) is 8.19. The van der Waals surface area contributed by atoms with Crippen LogP contribution in [-0.2, 0) is 4.79 Å². The molecule has 0 aliphatic heterocycles. The Labute approximate surface area is 145 Å². The number of fused-ring (bicyclic) bond motifs is 1. The van der Waals surface area contributed by atoms with E-state index in [4.69, 9.17) is 0 Å². The fourth-order valence-electron chi connectivity index (χ4n) is 3.17. The molecule has 23 heavy (non-hydrogen) atoms. The molecule has 2 aromatic rings. The predicted molar refractivity (Wildman–Crippen MR) is 97.2 cm³/mol. The number of aromatic nitrogens is 2. The number of thioether (sulfide) groups is 1. The lowest BCUT2D eigenvalue weighted by atomic mass is 9.86. The highest BCUT2D eigenvalue weighted by Gasteiger charge is 2.23. The van der Waals surface area contributed by atoms with Gasteiger partial charge in [0, 0.05) is 16.3 Å². The Kier molecular flexibility index (Phi) is 5.21. The van der Waals surface area contributed by atoms with E-state index in [0.717, 1.165) is 21.7 Å². The van der Waals surface area contributed by atoms with Gasteiger partial charge < -0.3 is 5.32 Å². The Morgan fingerprint density at radius 3 is 2.91 bits per heavy atom. The van der Waals surface area contributed by atoms with Gasteiger partial charge >= 0.3 is 0 Å². The SMILES string of the molecule is Cc1sc2ncnc(SCC(=O)NC3CCCCC3C)c2c1C. The van der Waals surface area contributed by atoms with Gasteiger partial charge in [0.2, 0.25) is 5.91 Å². The zero-order valence-electron chi connectivity index (χ0n) is 13.9. The first-order chi connectivity index (χ1) is 11.1. The maximum atomic E-state index is 12.3. The van der Waals surface area contributed by atoms with Crippen LogP contribution < -0.4 is 5.32 Å². The van der Waals surface area contributed by atoms with Crippen molar-refractivity contribution in [3.05, 3.63) is 16.8 Å². The molecule has 1 aliphatic rings. The van der Waals surface area contributed by atoms with Crippen LogP contribution >= 0.6 is 23.1 Å². The molecule has 1 amide bonds. The Hall–Kier alpha value is -1.14. The number of nitrogens with zero attached hydrogens (tertiary/aromatic N) is 2. The van der Waals surface area contributed by atoms with Crippen molar-refractivity contribution in [2.45, 2.75) is 57.5 Å². The van der Waals surface area contributed by atoms with Gasteiger partial charge in [0.1, 0.15) is 16.2 Å². The Morgan fingerprint density at radius 1 is 1.35 bits per heavy atom. The largest absolute Gasteiger partial charge is 0.352 e. The Bertz CT molecular complexity index is 713. The van der Waals surface area contributed by atoms with Crippen LogP contribution in [0, 0.1) is 19.8 Å². The van der Waals surface area contributed by atoms with Crippen LogP contribution in [-0.4, -0.2) is 27.7 Å². The summed E-state index contributed by atoms with van der Waals surface area (Å²) in [7, 11) is 0. The lowest BCUT2D eigenvalue weighted by molar-refractivity contribution is -0.119. The average molecular weight is 350 g/mol. The summed E-state index contributed by atoms with van der Waals surface area (Å²) in [4.78, 5) is 23.3. The third-order valence-corrected chi connectivity index (χ3v) is 6.83. The third kappa shape index (κ3) is 3.69. The van der Waals surface area contributed by atoms with Gasteiger partial charge in [0.05, 0.1) is 5.75 Å². The molecule has 6 heteroatoms. The molecule has 0 aromatic carbocycles. The van der Waals surface area contributed by atoms with E-state index in [-0.39, 0.29) is 5.91 Å². The lowest BCUT2D eigenvalue weighted by Gasteiger charge is -2.29. The summed E-state index contributed by atoms with van der Waals surface area (Å²) in [6.07, 6.45) is 6.44. The van der Waals surface area contributed by atoms with E-state index in [0.29, 0.717) is 17.7 Å². The second kappa shape index (κ2) is 7.18. The number of nitrogens with one attached hydrogen (secondary N) is 1. The van der Waals surface area contributed by atoms with E-state index in [1.807, 2.05) is 0 Å². The van der Waals surface area contributed by atoms with Gasteiger partial charge in [-0.05, 0) is 38.2 Å². The monoisotopic (exact) mass is 349 g/mol. The summed E-state index contributed by atoms with van der Waals surface area (Å²) in [6, 6.07) is 0.340. The van der Waals surface area contributed by atoms with Crippen LogP contribution in [0.25, 0.3) is 10.2 Å². The van der Waals surface area contributed by atoms with Crippen molar-refractivity contribution in [1.82, 2.24) is 15.3 Å². The van der Waals surface area contributed by atoms with Crippen LogP contribution in [0.1, 0.15) is 43.0 Å². The van der Waals surface area contributed by atoms with Crippen LogP contribution in [0.3, 0.4) is 0 Å². The summed E-state index contributed by atoms with van der Waals surface area (Å²) in [5.74, 6) is 1.12. The molecule has 0 saturated heterocycles. The first kappa shape index (κ1) is 16.7. The zero-order chi connectivity index (χ0) is 16.4. The van der Waals surface area contributed by atoms with E-state index in [1.54, 1.807) is 17.7 Å². The molecule has 4 nitrogen and oxygen atoms in total. The van der Waals surface area contributed by atoms with Gasteiger partial charge in [-0.25, -0.2) is 9.97 Å². The molecule has 3 rings (SSSR count). The van der Waals surface area contributed by atoms with Crippen molar-refractivity contribution in [2.75, 3.05) is 5.75 Å². The third-order valence-electron chi connectivity index (χ3n) is 4.73. The van der Waals surface area contributed by atoms with Crippen molar-refractivity contribution in [1.29, 1.82) is 0 Å². The standard InChI is InChI=1S/C17H23N3OS2/c1-10-6-4-5-7-13(10)20-14(21)8-22-16-15-11(2)12(3)23-17(15)19-9-18-16/h9-10,13H,4-8H2,1-3H3,(H,20,21). The predicted octanol–water partition coefficient (Wildman–Crippen LogP) is 4.10. The van der Waals surface area contributed by atoms with Gasteiger partial charge in [-0.2, -0.15) is 0 Å². The van der Waals surface area contributed by atoms with E-state index in [9.17, 15) is 4.79 Å². The normalized spacial score (nSPS) is 21.5. The number of rotatable bonds is 4. The number of hydrogen-bond acceptors (Lipinski definition) is 5. The number of hydrogen-bond donors (Lipinski definition) is 1. The van der Waals surface area contributed by atoms with Crippen molar-refractivity contribution >= 4 is 39.2 Å². The molecular formula is C17H23N3OS2. The van der Waals surface area contributed by atoms with E-state index in [2.05, 4.69) is 36.1 Å². The topological polar surface area (TPSA) is 54.9 Å². The average Bonchev–Trinajstić information content (AvgIpc) is 2.83. The van der Waals surface area contributed by atoms with Crippen molar-refractivity contribution < 1.29 is 4.79 Å². The molecule has 1 saturated carbocycles. The highest BCUT2D eigenvalue weighted by molar-refractivity contribution is 8.00. The molecule has 2 unspecified atom stereocenters. The van der Waals surface area contributed by atoms with Crippen LogP contribution in [0.5, 0.6) is 0 Å². The minimum absolute atomic E-state index is 0.116. The number of thiophene rings is 1. The maximum absolute atomic E-state index is 12.3. The minimum Gasteiger partial charge on any atom is -0.352 e. The summed E-state index contributed by atoms with van der Waals surface area (Å²) in [6.45, 7) is 6.45. The second-order valence-electron chi connectivity index (χ2n) is 6.37. The zero-order valence-corrected chi connectivity index (χ0v) is 15.5. The number of carbonyl (C=O) groups excluding carboxylic acids is 1. The molecule has 0 spiro atoms. The van der Waals surface area contributed by atoms with Crippen LogP contribution in [0.4, 0.5) is 0 Å². The van der Waals surface area contributed by atoms with Gasteiger partial charge in [-0.3, -0.25) is 4.79 Å². The van der Waals surface area contributed by atoms with E-state index >= 15 is 0 Å². The quantitative estimate of drug-likeness (QED) is 0.667. The Morgan fingerprint density at radius 2 is 2.13 bits per heavy atom. The Balaban J connectivity index is 1.65. The first-order valence-corrected chi connectivity index (χ1v) is 9.99. The molecule has 1 N–H and O–H groups in total. The number of amides is 1. The van der Waals surface area contributed by atoms with E-state index in [1.165, 1.54) is 41.5 Å². The molecule has 0 bridgehead atoms. The minimum atomic E-state index is 0.116. The van der Waals surface area contributed by atoms with Crippen molar-refractivity contribution in [3.8, 4) is 0 Å². The molecule has 1 fully saturated rings. The molecule has 1 aliphatic carbocycles. The van der Waals surface area contributed by atoms with Crippen LogP contribution in [0.2, 0.25) is 0 Å². The molecule has 124 valence electrons. The van der Waals surface area contributed by atoms with Crippen molar-refractivity contribution in [2.24, 2.45) is 5.92 Å². The molecule has 0 radical (unpaired) electrons. The van der Waals surface area contributed by atoms with Gasteiger partial charge in [0.15, 0.2) is 0 Å². The number of aryl methyl sites for hydroxylation is 2. The summed E-state index contributed by atoms with van der Waals surface area (Å²) in [5, 5.41) is 5.24. The highest BCUT2D eigenvalue weighted by atomic mass is 32.2. The molecule has 2 atom stereocenters. The van der Waals surface area contributed by atoms with E-state index < -0.39 is 0 Å². The summed E-state index contributed by atoms with van der Waals surface area (Å²) in [5.41, 5.74) is 1.23. The number of carbonyl (C=O) groups is 1. The fourth-order valence-corrected chi connectivity index (χ4v) is 5.10. The highest BCUT2D eigenvalue weighted by Crippen LogP contribution is 2.34. The smallest absolute Gasteiger partial charge is 0.230 e. The fraction of sp³-hybridized carbons (Fsp3) is 0.588. The molecule has 2 aromatic heterocycles.